The number of nitrogens with one attached hydrogen (secondary N) is 1. The van der Waals surface area contributed by atoms with Crippen LogP contribution in [0, 0.1) is 0 Å². The van der Waals surface area contributed by atoms with Gasteiger partial charge in [0.15, 0.2) is 0 Å². The number of aromatic nitrogens is 1. The molecule has 2 aromatic rings. The van der Waals surface area contributed by atoms with Crippen LogP contribution < -0.4 is 10.2 Å². The predicted molar refractivity (Wildman–Crippen MR) is 93.2 cm³/mol. The Morgan fingerprint density at radius 1 is 1.30 bits per heavy atom. The Kier molecular flexibility index (Phi) is 5.25. The molecule has 23 heavy (non-hydrogen) atoms. The molecule has 3 rings (SSSR count). The molecule has 5 nitrogen and oxygen atoms in total. The molecule has 0 saturated carbocycles. The van der Waals surface area contributed by atoms with Gasteiger partial charge >= 0.3 is 0 Å². The van der Waals surface area contributed by atoms with E-state index in [1.807, 2.05) is 31.3 Å². The van der Waals surface area contributed by atoms with E-state index in [0.717, 1.165) is 53.9 Å². The van der Waals surface area contributed by atoms with Crippen LogP contribution in [0.5, 0.6) is 0 Å². The number of morpholine rings is 1. The first kappa shape index (κ1) is 16.0. The molecule has 0 atom stereocenters. The minimum atomic E-state index is 0.000922. The second kappa shape index (κ2) is 7.57. The summed E-state index contributed by atoms with van der Waals surface area (Å²) in [6.07, 6.45) is 2.82. The minimum Gasteiger partial charge on any atom is -0.378 e. The first-order chi connectivity index (χ1) is 11.3. The lowest BCUT2D eigenvalue weighted by atomic mass is 10.2. The minimum absolute atomic E-state index is 0.000922. The normalized spacial score (nSPS) is 14.7. The van der Waals surface area contributed by atoms with Crippen molar-refractivity contribution in [3.63, 3.8) is 0 Å². The summed E-state index contributed by atoms with van der Waals surface area (Å²) >= 11 is 1.50. The molecule has 1 aliphatic heterocycles. The van der Waals surface area contributed by atoms with E-state index in [1.54, 1.807) is 0 Å². The third kappa shape index (κ3) is 3.89. The van der Waals surface area contributed by atoms with E-state index < -0.39 is 0 Å². The molecule has 0 unspecified atom stereocenters. The fourth-order valence-electron chi connectivity index (χ4n) is 2.45. The third-order valence-corrected chi connectivity index (χ3v) is 4.87. The summed E-state index contributed by atoms with van der Waals surface area (Å²) in [4.78, 5) is 20.6. The summed E-state index contributed by atoms with van der Waals surface area (Å²) in [7, 11) is 0. The summed E-state index contributed by atoms with van der Waals surface area (Å²) in [5.74, 6) is 0.982. The molecule has 0 aliphatic carbocycles. The van der Waals surface area contributed by atoms with Gasteiger partial charge in [-0.2, -0.15) is 0 Å². The lowest BCUT2D eigenvalue weighted by Gasteiger charge is -2.27. The average Bonchev–Trinajstić information content (AvgIpc) is 3.11. The Labute approximate surface area is 140 Å². The molecule has 0 bridgehead atoms. The van der Waals surface area contributed by atoms with Crippen LogP contribution >= 0.6 is 11.3 Å². The van der Waals surface area contributed by atoms with Crippen molar-refractivity contribution >= 4 is 23.1 Å². The molecule has 1 N–H and O–H groups in total. The van der Waals surface area contributed by atoms with Crippen LogP contribution in [0.1, 0.15) is 23.0 Å². The molecule has 3 heterocycles. The fraction of sp³-hybridized carbons (Fsp3) is 0.412. The zero-order chi connectivity index (χ0) is 16.1. The average molecular weight is 331 g/mol. The number of hydrogen-bond donors (Lipinski definition) is 1. The highest BCUT2D eigenvalue weighted by Crippen LogP contribution is 2.28. The van der Waals surface area contributed by atoms with E-state index in [2.05, 4.69) is 21.3 Å². The molecule has 0 spiro atoms. The van der Waals surface area contributed by atoms with Gasteiger partial charge in [-0.1, -0.05) is 6.92 Å². The number of amides is 1. The van der Waals surface area contributed by atoms with Gasteiger partial charge in [0, 0.05) is 36.3 Å². The number of rotatable bonds is 5. The van der Waals surface area contributed by atoms with Crippen LogP contribution in [0.2, 0.25) is 0 Å². The first-order valence-electron chi connectivity index (χ1n) is 7.95. The van der Waals surface area contributed by atoms with Gasteiger partial charge in [0.25, 0.3) is 5.91 Å². The van der Waals surface area contributed by atoms with Crippen molar-refractivity contribution in [2.75, 3.05) is 37.7 Å². The molecule has 1 fully saturated rings. The second-order valence-corrected chi connectivity index (χ2v) is 6.51. The SMILES string of the molecule is CCCNC(=O)c1ccc(-c2ccc(N3CCOCC3)nc2)s1. The fourth-order valence-corrected chi connectivity index (χ4v) is 3.36. The number of carbonyl (C=O) groups is 1. The van der Waals surface area contributed by atoms with E-state index in [9.17, 15) is 4.79 Å². The molecule has 122 valence electrons. The van der Waals surface area contributed by atoms with Crippen LogP contribution in [0.3, 0.4) is 0 Å². The highest BCUT2D eigenvalue weighted by molar-refractivity contribution is 7.17. The Bertz CT molecular complexity index is 648. The van der Waals surface area contributed by atoms with Crippen molar-refractivity contribution in [3.05, 3.63) is 35.3 Å². The number of thiophene rings is 1. The van der Waals surface area contributed by atoms with Crippen molar-refractivity contribution in [1.82, 2.24) is 10.3 Å². The second-order valence-electron chi connectivity index (χ2n) is 5.42. The molecule has 1 saturated heterocycles. The molecular weight excluding hydrogens is 310 g/mol. The highest BCUT2D eigenvalue weighted by Gasteiger charge is 2.13. The van der Waals surface area contributed by atoms with Crippen LogP contribution in [0.4, 0.5) is 5.82 Å². The Hall–Kier alpha value is -1.92. The van der Waals surface area contributed by atoms with E-state index in [-0.39, 0.29) is 5.91 Å². The van der Waals surface area contributed by atoms with Crippen molar-refractivity contribution in [1.29, 1.82) is 0 Å². The number of pyridine rings is 1. The quantitative estimate of drug-likeness (QED) is 0.915. The van der Waals surface area contributed by atoms with Crippen LogP contribution in [-0.4, -0.2) is 43.7 Å². The molecule has 1 amide bonds. The molecule has 6 heteroatoms. The lowest BCUT2D eigenvalue weighted by molar-refractivity contribution is 0.0957. The van der Waals surface area contributed by atoms with E-state index in [1.165, 1.54) is 11.3 Å². The number of carbonyl (C=O) groups excluding carboxylic acids is 1. The van der Waals surface area contributed by atoms with E-state index >= 15 is 0 Å². The number of hydrogen-bond acceptors (Lipinski definition) is 5. The maximum atomic E-state index is 12.0. The Balaban J connectivity index is 1.69. The zero-order valence-corrected chi connectivity index (χ0v) is 14.1. The van der Waals surface area contributed by atoms with Gasteiger partial charge in [-0.25, -0.2) is 4.98 Å². The standard InChI is InChI=1S/C17H21N3O2S/c1-2-7-18-17(21)15-5-4-14(23-15)13-3-6-16(19-12-13)20-8-10-22-11-9-20/h3-6,12H,2,7-11H2,1H3,(H,18,21). The number of nitrogens with zero attached hydrogens (tertiary/aromatic N) is 2. The van der Waals surface area contributed by atoms with Crippen molar-refractivity contribution in [2.24, 2.45) is 0 Å². The van der Waals surface area contributed by atoms with Gasteiger partial charge in [-0.15, -0.1) is 11.3 Å². The number of ether oxygens (including phenoxy) is 1. The smallest absolute Gasteiger partial charge is 0.261 e. The van der Waals surface area contributed by atoms with Crippen molar-refractivity contribution in [3.8, 4) is 10.4 Å². The van der Waals surface area contributed by atoms with Crippen LogP contribution in [0.25, 0.3) is 10.4 Å². The molecule has 1 aliphatic rings. The Morgan fingerprint density at radius 3 is 2.83 bits per heavy atom. The summed E-state index contributed by atoms with van der Waals surface area (Å²) in [5.41, 5.74) is 1.04. The van der Waals surface area contributed by atoms with Gasteiger partial charge in [0.1, 0.15) is 5.82 Å². The molecule has 2 aromatic heterocycles. The van der Waals surface area contributed by atoms with Crippen molar-refractivity contribution in [2.45, 2.75) is 13.3 Å². The third-order valence-electron chi connectivity index (χ3n) is 3.73. The summed E-state index contributed by atoms with van der Waals surface area (Å²) in [6.45, 7) is 6.03. The van der Waals surface area contributed by atoms with Gasteiger partial charge in [-0.3, -0.25) is 4.79 Å². The topological polar surface area (TPSA) is 54.5 Å². The van der Waals surface area contributed by atoms with Gasteiger partial charge in [0.05, 0.1) is 18.1 Å². The van der Waals surface area contributed by atoms with E-state index in [0.29, 0.717) is 6.54 Å². The van der Waals surface area contributed by atoms with Gasteiger partial charge in [0.2, 0.25) is 0 Å². The van der Waals surface area contributed by atoms with E-state index in [4.69, 9.17) is 4.74 Å². The number of anilines is 1. The van der Waals surface area contributed by atoms with Gasteiger partial charge < -0.3 is 15.0 Å². The molecule has 0 aromatic carbocycles. The predicted octanol–water partition coefficient (Wildman–Crippen LogP) is 2.79. The summed E-state index contributed by atoms with van der Waals surface area (Å²) < 4.78 is 5.36. The monoisotopic (exact) mass is 331 g/mol. The van der Waals surface area contributed by atoms with Crippen LogP contribution in [0.15, 0.2) is 30.5 Å². The maximum Gasteiger partial charge on any atom is 0.261 e. The largest absolute Gasteiger partial charge is 0.378 e. The van der Waals surface area contributed by atoms with Crippen LogP contribution in [-0.2, 0) is 4.74 Å². The summed E-state index contributed by atoms with van der Waals surface area (Å²) in [6, 6.07) is 7.96. The first-order valence-corrected chi connectivity index (χ1v) is 8.76. The molecular formula is C17H21N3O2S. The van der Waals surface area contributed by atoms with Gasteiger partial charge in [-0.05, 0) is 30.7 Å². The highest BCUT2D eigenvalue weighted by atomic mass is 32.1. The zero-order valence-electron chi connectivity index (χ0n) is 13.2. The maximum absolute atomic E-state index is 12.0. The molecule has 0 radical (unpaired) electrons. The Morgan fingerprint density at radius 2 is 2.13 bits per heavy atom. The van der Waals surface area contributed by atoms with Crippen molar-refractivity contribution < 1.29 is 9.53 Å². The summed E-state index contributed by atoms with van der Waals surface area (Å²) in [5, 5.41) is 2.90. The lowest BCUT2D eigenvalue weighted by Crippen LogP contribution is -2.36.